The quantitative estimate of drug-likeness (QED) is 0.756. The molecule has 0 aliphatic carbocycles. The number of amides is 1. The summed E-state index contributed by atoms with van der Waals surface area (Å²) in [5.74, 6) is 0. The third kappa shape index (κ3) is 3.70. The van der Waals surface area contributed by atoms with Gasteiger partial charge in [0.1, 0.15) is 5.60 Å². The lowest BCUT2D eigenvalue weighted by Crippen LogP contribution is -2.39. The predicted octanol–water partition coefficient (Wildman–Crippen LogP) is 4.64. The molecule has 2 rings (SSSR count). The maximum atomic E-state index is 12.1. The van der Waals surface area contributed by atoms with Crippen molar-refractivity contribution in [3.8, 4) is 0 Å². The zero-order valence-electron chi connectivity index (χ0n) is 14.6. The first-order valence-corrected chi connectivity index (χ1v) is 7.93. The Hall–Kier alpha value is -1.77. The van der Waals surface area contributed by atoms with E-state index >= 15 is 0 Å². The van der Waals surface area contributed by atoms with Crippen LogP contribution in [-0.2, 0) is 4.74 Å². The number of hydrogen-bond donors (Lipinski definition) is 0. The molecule has 0 bridgehead atoms. The van der Waals surface area contributed by atoms with E-state index in [0.29, 0.717) is 13.1 Å². The zero-order chi connectivity index (χ0) is 16.5. The van der Waals surface area contributed by atoms with Crippen LogP contribution in [0.25, 0.3) is 5.57 Å². The Labute approximate surface area is 134 Å². The van der Waals surface area contributed by atoms with Gasteiger partial charge in [0.15, 0.2) is 0 Å². The number of aryl methyl sites for hydroxylation is 1. The summed E-state index contributed by atoms with van der Waals surface area (Å²) in [7, 11) is 0. The predicted molar refractivity (Wildman–Crippen MR) is 91.1 cm³/mol. The van der Waals surface area contributed by atoms with E-state index in [4.69, 9.17) is 4.74 Å². The molecule has 1 aromatic rings. The van der Waals surface area contributed by atoms with Gasteiger partial charge in [-0.3, -0.25) is 0 Å². The normalized spacial score (nSPS) is 15.5. The fourth-order valence-electron chi connectivity index (χ4n) is 2.71. The molecule has 0 unspecified atom stereocenters. The summed E-state index contributed by atoms with van der Waals surface area (Å²) in [5, 5.41) is 0. The van der Waals surface area contributed by atoms with E-state index in [1.54, 1.807) is 4.90 Å². The monoisotopic (exact) mass is 301 g/mol. The van der Waals surface area contributed by atoms with Crippen molar-refractivity contribution in [2.75, 3.05) is 13.1 Å². The maximum absolute atomic E-state index is 12.1. The molecule has 1 aliphatic rings. The van der Waals surface area contributed by atoms with Crippen LogP contribution in [-0.4, -0.2) is 29.7 Å². The Balaban J connectivity index is 2.12. The highest BCUT2D eigenvalue weighted by atomic mass is 16.6. The van der Waals surface area contributed by atoms with Crippen LogP contribution in [0.1, 0.15) is 49.4 Å². The summed E-state index contributed by atoms with van der Waals surface area (Å²) in [4.78, 5) is 13.9. The van der Waals surface area contributed by atoms with Gasteiger partial charge in [-0.15, -0.1) is 0 Å². The first-order valence-electron chi connectivity index (χ1n) is 7.93. The molecule has 1 aromatic carbocycles. The molecule has 1 aliphatic heterocycles. The van der Waals surface area contributed by atoms with Gasteiger partial charge in [0.05, 0.1) is 0 Å². The second kappa shape index (κ2) is 6.15. The van der Waals surface area contributed by atoms with Crippen molar-refractivity contribution in [3.63, 3.8) is 0 Å². The lowest BCUT2D eigenvalue weighted by atomic mass is 9.91. The molecule has 0 N–H and O–H groups in total. The minimum absolute atomic E-state index is 0.223. The van der Waals surface area contributed by atoms with Crippen molar-refractivity contribution < 1.29 is 9.53 Å². The van der Waals surface area contributed by atoms with E-state index in [2.05, 4.69) is 39.0 Å². The van der Waals surface area contributed by atoms with Crippen molar-refractivity contribution in [3.05, 3.63) is 40.5 Å². The molecular weight excluding hydrogens is 274 g/mol. The lowest BCUT2D eigenvalue weighted by molar-refractivity contribution is 0.0270. The highest BCUT2D eigenvalue weighted by Crippen LogP contribution is 2.28. The Morgan fingerprint density at radius 3 is 2.36 bits per heavy atom. The average molecular weight is 301 g/mol. The SMILES string of the molecule is Cc1ccc(C2=CCN(C(=O)OC(C)(C)C)CC2)c(C)c1C. The van der Waals surface area contributed by atoms with Crippen LogP contribution < -0.4 is 0 Å². The van der Waals surface area contributed by atoms with Crippen molar-refractivity contribution in [1.82, 2.24) is 4.90 Å². The molecule has 0 saturated heterocycles. The zero-order valence-corrected chi connectivity index (χ0v) is 14.6. The summed E-state index contributed by atoms with van der Waals surface area (Å²) >= 11 is 0. The number of ether oxygens (including phenoxy) is 1. The van der Waals surface area contributed by atoms with Crippen molar-refractivity contribution in [1.29, 1.82) is 0 Å². The van der Waals surface area contributed by atoms with E-state index in [1.807, 2.05) is 20.8 Å². The molecule has 120 valence electrons. The summed E-state index contributed by atoms with van der Waals surface area (Å²) in [6, 6.07) is 4.38. The summed E-state index contributed by atoms with van der Waals surface area (Å²) in [5.41, 5.74) is 6.23. The molecule has 22 heavy (non-hydrogen) atoms. The molecule has 3 heteroatoms. The van der Waals surface area contributed by atoms with Gasteiger partial charge in [-0.2, -0.15) is 0 Å². The molecule has 0 saturated carbocycles. The first kappa shape index (κ1) is 16.6. The van der Waals surface area contributed by atoms with Gasteiger partial charge in [-0.1, -0.05) is 18.2 Å². The fraction of sp³-hybridized carbons (Fsp3) is 0.526. The minimum atomic E-state index is -0.439. The van der Waals surface area contributed by atoms with Gasteiger partial charge in [-0.25, -0.2) is 4.79 Å². The van der Waals surface area contributed by atoms with E-state index in [1.165, 1.54) is 27.8 Å². The molecule has 1 heterocycles. The molecule has 3 nitrogen and oxygen atoms in total. The molecule has 0 aromatic heterocycles. The second-order valence-corrected chi connectivity index (χ2v) is 7.09. The van der Waals surface area contributed by atoms with Crippen LogP contribution in [0, 0.1) is 20.8 Å². The van der Waals surface area contributed by atoms with E-state index in [0.717, 1.165) is 6.42 Å². The Morgan fingerprint density at radius 1 is 1.14 bits per heavy atom. The summed E-state index contributed by atoms with van der Waals surface area (Å²) < 4.78 is 5.43. The van der Waals surface area contributed by atoms with Crippen molar-refractivity contribution in [2.45, 2.75) is 53.6 Å². The van der Waals surface area contributed by atoms with Crippen LogP contribution in [0.4, 0.5) is 4.79 Å². The topological polar surface area (TPSA) is 29.5 Å². The van der Waals surface area contributed by atoms with Crippen LogP contribution in [0.3, 0.4) is 0 Å². The Morgan fingerprint density at radius 2 is 1.82 bits per heavy atom. The maximum Gasteiger partial charge on any atom is 0.410 e. The molecule has 0 fully saturated rings. The summed E-state index contributed by atoms with van der Waals surface area (Å²) in [6.45, 7) is 13.5. The van der Waals surface area contributed by atoms with Crippen LogP contribution >= 0.6 is 0 Å². The van der Waals surface area contributed by atoms with Crippen molar-refractivity contribution in [2.24, 2.45) is 0 Å². The van der Waals surface area contributed by atoms with Crippen LogP contribution in [0.2, 0.25) is 0 Å². The van der Waals surface area contributed by atoms with Gasteiger partial charge < -0.3 is 9.64 Å². The fourth-order valence-corrected chi connectivity index (χ4v) is 2.71. The minimum Gasteiger partial charge on any atom is -0.444 e. The highest BCUT2D eigenvalue weighted by molar-refractivity contribution is 5.74. The average Bonchev–Trinajstić information content (AvgIpc) is 2.43. The molecule has 0 atom stereocenters. The molecule has 1 amide bonds. The van der Waals surface area contributed by atoms with Gasteiger partial charge in [0.2, 0.25) is 0 Å². The van der Waals surface area contributed by atoms with E-state index in [-0.39, 0.29) is 6.09 Å². The third-order valence-electron chi connectivity index (χ3n) is 4.26. The number of hydrogen-bond acceptors (Lipinski definition) is 2. The van der Waals surface area contributed by atoms with Gasteiger partial charge in [0, 0.05) is 13.1 Å². The summed E-state index contributed by atoms with van der Waals surface area (Å²) in [6.07, 6.45) is 2.81. The van der Waals surface area contributed by atoms with E-state index in [9.17, 15) is 4.79 Å². The number of carbonyl (C=O) groups is 1. The lowest BCUT2D eigenvalue weighted by Gasteiger charge is -2.30. The van der Waals surface area contributed by atoms with Crippen LogP contribution in [0.5, 0.6) is 0 Å². The van der Waals surface area contributed by atoms with Gasteiger partial charge in [-0.05, 0) is 75.8 Å². The smallest absolute Gasteiger partial charge is 0.410 e. The first-order chi connectivity index (χ1) is 10.2. The number of benzene rings is 1. The third-order valence-corrected chi connectivity index (χ3v) is 4.26. The number of carbonyl (C=O) groups excluding carboxylic acids is 1. The standard InChI is InChI=1S/C19H27NO2/c1-13-7-8-17(15(3)14(13)2)16-9-11-20(12-10-16)18(21)22-19(4,5)6/h7-9H,10-12H2,1-6H3. The Kier molecular flexibility index (Phi) is 4.64. The second-order valence-electron chi connectivity index (χ2n) is 7.09. The van der Waals surface area contributed by atoms with Crippen LogP contribution in [0.15, 0.2) is 18.2 Å². The van der Waals surface area contributed by atoms with Gasteiger partial charge in [0.25, 0.3) is 0 Å². The molecule has 0 radical (unpaired) electrons. The van der Waals surface area contributed by atoms with Gasteiger partial charge >= 0.3 is 6.09 Å². The number of nitrogens with zero attached hydrogens (tertiary/aromatic N) is 1. The molecular formula is C19H27NO2. The molecule has 0 spiro atoms. The Bertz CT molecular complexity index is 609. The highest BCUT2D eigenvalue weighted by Gasteiger charge is 2.24. The van der Waals surface area contributed by atoms with E-state index < -0.39 is 5.60 Å². The van der Waals surface area contributed by atoms with Crippen molar-refractivity contribution >= 4 is 11.7 Å². The largest absolute Gasteiger partial charge is 0.444 e. The number of rotatable bonds is 1.